The number of hydrogen-bond acceptors (Lipinski definition) is 3. The standard InChI is InChI=1S/C19H25N3O3/c1-5-16(15-8-6-14(7-9-15)12(2)3)20-18(23)13(4)22-11-10-17(21-22)19(24)25/h6-13,16H,5H2,1-4H3,(H,20,23)(H,24,25). The van der Waals surface area contributed by atoms with Gasteiger partial charge < -0.3 is 10.4 Å². The molecule has 0 bridgehead atoms. The van der Waals surface area contributed by atoms with Crippen LogP contribution in [0.3, 0.4) is 0 Å². The highest BCUT2D eigenvalue weighted by Gasteiger charge is 2.21. The minimum absolute atomic E-state index is 0.0732. The van der Waals surface area contributed by atoms with Gasteiger partial charge in [-0.1, -0.05) is 45.0 Å². The van der Waals surface area contributed by atoms with E-state index in [2.05, 4.69) is 36.4 Å². The van der Waals surface area contributed by atoms with Crippen molar-refractivity contribution in [3.8, 4) is 0 Å². The zero-order valence-electron chi connectivity index (χ0n) is 15.1. The maximum atomic E-state index is 12.5. The number of carboxylic acid groups (broad SMARTS) is 1. The van der Waals surface area contributed by atoms with Gasteiger partial charge >= 0.3 is 5.97 Å². The van der Waals surface area contributed by atoms with E-state index in [1.165, 1.54) is 22.5 Å². The number of aromatic carboxylic acids is 1. The lowest BCUT2D eigenvalue weighted by Crippen LogP contribution is -2.34. The van der Waals surface area contributed by atoms with E-state index in [0.717, 1.165) is 12.0 Å². The molecule has 0 aliphatic heterocycles. The van der Waals surface area contributed by atoms with Gasteiger partial charge in [0.25, 0.3) is 0 Å². The quantitative estimate of drug-likeness (QED) is 0.805. The van der Waals surface area contributed by atoms with Crippen LogP contribution in [0.15, 0.2) is 36.5 Å². The molecule has 1 aromatic heterocycles. The van der Waals surface area contributed by atoms with Gasteiger partial charge in [0.1, 0.15) is 6.04 Å². The lowest BCUT2D eigenvalue weighted by atomic mass is 9.98. The molecule has 2 unspecified atom stereocenters. The van der Waals surface area contributed by atoms with Gasteiger partial charge in [0.05, 0.1) is 6.04 Å². The van der Waals surface area contributed by atoms with Gasteiger partial charge in [0.2, 0.25) is 5.91 Å². The van der Waals surface area contributed by atoms with Crippen LogP contribution in [0.1, 0.15) is 73.7 Å². The number of benzene rings is 1. The SMILES string of the molecule is CCC(NC(=O)C(C)n1ccc(C(=O)O)n1)c1ccc(C(C)C)cc1. The second-order valence-corrected chi connectivity index (χ2v) is 6.45. The summed E-state index contributed by atoms with van der Waals surface area (Å²) in [6, 6.07) is 8.97. The van der Waals surface area contributed by atoms with Crippen molar-refractivity contribution in [3.05, 3.63) is 53.3 Å². The van der Waals surface area contributed by atoms with Crippen LogP contribution in [-0.4, -0.2) is 26.8 Å². The van der Waals surface area contributed by atoms with E-state index in [0.29, 0.717) is 5.92 Å². The smallest absolute Gasteiger partial charge is 0.356 e. The topological polar surface area (TPSA) is 84.2 Å². The first-order valence-electron chi connectivity index (χ1n) is 8.52. The Labute approximate surface area is 147 Å². The number of aromatic nitrogens is 2. The van der Waals surface area contributed by atoms with Crippen LogP contribution in [0.25, 0.3) is 0 Å². The van der Waals surface area contributed by atoms with E-state index >= 15 is 0 Å². The lowest BCUT2D eigenvalue weighted by molar-refractivity contribution is -0.125. The Kier molecular flexibility index (Phi) is 5.96. The van der Waals surface area contributed by atoms with E-state index in [1.807, 2.05) is 19.1 Å². The van der Waals surface area contributed by atoms with Crippen LogP contribution in [-0.2, 0) is 4.79 Å². The molecular weight excluding hydrogens is 318 g/mol. The average molecular weight is 343 g/mol. The van der Waals surface area contributed by atoms with Crippen molar-refractivity contribution in [2.75, 3.05) is 0 Å². The molecule has 0 saturated carbocycles. The molecule has 6 nitrogen and oxygen atoms in total. The van der Waals surface area contributed by atoms with E-state index in [1.54, 1.807) is 6.92 Å². The monoisotopic (exact) mass is 343 g/mol. The summed E-state index contributed by atoms with van der Waals surface area (Å²) in [6.07, 6.45) is 2.27. The average Bonchev–Trinajstić information content (AvgIpc) is 3.09. The Hall–Kier alpha value is -2.63. The second-order valence-electron chi connectivity index (χ2n) is 6.45. The molecule has 1 aromatic carbocycles. The van der Waals surface area contributed by atoms with Gasteiger partial charge in [-0.2, -0.15) is 5.10 Å². The molecule has 1 amide bonds. The van der Waals surface area contributed by atoms with Gasteiger partial charge in [0, 0.05) is 6.20 Å². The molecular formula is C19H25N3O3. The Balaban J connectivity index is 2.08. The van der Waals surface area contributed by atoms with Crippen molar-refractivity contribution >= 4 is 11.9 Å². The minimum Gasteiger partial charge on any atom is -0.476 e. The summed E-state index contributed by atoms with van der Waals surface area (Å²) in [7, 11) is 0. The summed E-state index contributed by atoms with van der Waals surface area (Å²) < 4.78 is 1.37. The first-order chi connectivity index (χ1) is 11.8. The molecule has 1 heterocycles. The third kappa shape index (κ3) is 4.47. The van der Waals surface area contributed by atoms with Crippen LogP contribution in [0.4, 0.5) is 0 Å². The van der Waals surface area contributed by atoms with Gasteiger partial charge in [-0.05, 0) is 36.5 Å². The zero-order valence-corrected chi connectivity index (χ0v) is 15.1. The van der Waals surface area contributed by atoms with Gasteiger partial charge in [-0.3, -0.25) is 9.48 Å². The first-order valence-corrected chi connectivity index (χ1v) is 8.52. The molecule has 0 spiro atoms. The molecule has 0 saturated heterocycles. The van der Waals surface area contributed by atoms with Crippen molar-refractivity contribution in [2.45, 2.75) is 52.1 Å². The van der Waals surface area contributed by atoms with Gasteiger partial charge in [-0.25, -0.2) is 4.79 Å². The van der Waals surface area contributed by atoms with Crippen LogP contribution < -0.4 is 5.32 Å². The molecule has 0 aliphatic rings. The minimum atomic E-state index is -1.11. The summed E-state index contributed by atoms with van der Waals surface area (Å²) in [4.78, 5) is 23.4. The lowest BCUT2D eigenvalue weighted by Gasteiger charge is -2.21. The zero-order chi connectivity index (χ0) is 18.6. The van der Waals surface area contributed by atoms with Crippen molar-refractivity contribution in [3.63, 3.8) is 0 Å². The summed E-state index contributed by atoms with van der Waals surface area (Å²) in [5.41, 5.74) is 2.24. The molecule has 0 aliphatic carbocycles. The van der Waals surface area contributed by atoms with E-state index in [4.69, 9.17) is 5.11 Å². The number of carbonyl (C=O) groups excluding carboxylic acids is 1. The maximum absolute atomic E-state index is 12.5. The molecule has 2 rings (SSSR count). The molecule has 0 radical (unpaired) electrons. The largest absolute Gasteiger partial charge is 0.476 e. The van der Waals surface area contributed by atoms with Crippen LogP contribution in [0, 0.1) is 0 Å². The number of carboxylic acids is 1. The van der Waals surface area contributed by atoms with Gasteiger partial charge in [-0.15, -0.1) is 0 Å². The highest BCUT2D eigenvalue weighted by molar-refractivity contribution is 5.85. The van der Waals surface area contributed by atoms with Gasteiger partial charge in [0.15, 0.2) is 5.69 Å². The number of carbonyl (C=O) groups is 2. The molecule has 2 atom stereocenters. The number of hydrogen-bond donors (Lipinski definition) is 2. The molecule has 0 fully saturated rings. The number of nitrogens with one attached hydrogen (secondary N) is 1. The molecule has 2 N–H and O–H groups in total. The fourth-order valence-corrected chi connectivity index (χ4v) is 2.61. The molecule has 6 heteroatoms. The fourth-order valence-electron chi connectivity index (χ4n) is 2.61. The Morgan fingerprint density at radius 3 is 2.20 bits per heavy atom. The summed E-state index contributed by atoms with van der Waals surface area (Å²) in [5.74, 6) is -0.838. The van der Waals surface area contributed by atoms with Crippen LogP contribution in [0.5, 0.6) is 0 Å². The number of nitrogens with zero attached hydrogens (tertiary/aromatic N) is 2. The molecule has 25 heavy (non-hydrogen) atoms. The first kappa shape index (κ1) is 18.7. The van der Waals surface area contributed by atoms with Crippen LogP contribution >= 0.6 is 0 Å². The number of rotatable bonds is 7. The van der Waals surface area contributed by atoms with Crippen molar-refractivity contribution in [2.24, 2.45) is 0 Å². The van der Waals surface area contributed by atoms with Crippen molar-refractivity contribution in [1.29, 1.82) is 0 Å². The Morgan fingerprint density at radius 2 is 1.72 bits per heavy atom. The van der Waals surface area contributed by atoms with Crippen LogP contribution in [0.2, 0.25) is 0 Å². The second kappa shape index (κ2) is 7.96. The highest BCUT2D eigenvalue weighted by atomic mass is 16.4. The predicted molar refractivity (Wildman–Crippen MR) is 95.6 cm³/mol. The summed E-state index contributed by atoms with van der Waals surface area (Å²) in [5, 5.41) is 15.9. The maximum Gasteiger partial charge on any atom is 0.356 e. The van der Waals surface area contributed by atoms with E-state index in [-0.39, 0.29) is 17.6 Å². The summed E-state index contributed by atoms with van der Waals surface area (Å²) >= 11 is 0. The van der Waals surface area contributed by atoms with Crippen molar-refractivity contribution in [1.82, 2.24) is 15.1 Å². The van der Waals surface area contributed by atoms with E-state index < -0.39 is 12.0 Å². The molecule has 2 aromatic rings. The predicted octanol–water partition coefficient (Wildman–Crippen LogP) is 3.53. The number of amides is 1. The van der Waals surface area contributed by atoms with E-state index in [9.17, 15) is 9.59 Å². The third-order valence-electron chi connectivity index (χ3n) is 4.33. The Morgan fingerprint density at radius 1 is 1.12 bits per heavy atom. The fraction of sp³-hybridized carbons (Fsp3) is 0.421. The molecule has 134 valence electrons. The summed E-state index contributed by atoms with van der Waals surface area (Å²) in [6.45, 7) is 8.00. The normalized spacial score (nSPS) is 13.5. The Bertz CT molecular complexity index is 735. The third-order valence-corrected chi connectivity index (χ3v) is 4.33. The highest BCUT2D eigenvalue weighted by Crippen LogP contribution is 2.21. The van der Waals surface area contributed by atoms with Crippen molar-refractivity contribution < 1.29 is 14.7 Å².